The van der Waals surface area contributed by atoms with Gasteiger partial charge in [0.25, 0.3) is 0 Å². The van der Waals surface area contributed by atoms with Crippen molar-refractivity contribution in [3.8, 4) is 11.5 Å². The Morgan fingerprint density at radius 3 is 2.62 bits per heavy atom. The average Bonchev–Trinajstić information content (AvgIpc) is 2.55. The molecule has 0 saturated carbocycles. The van der Waals surface area contributed by atoms with Crippen molar-refractivity contribution in [3.63, 3.8) is 0 Å². The van der Waals surface area contributed by atoms with E-state index in [-0.39, 0.29) is 6.79 Å². The highest BCUT2D eigenvalue weighted by atomic mass is 35.5. The lowest BCUT2D eigenvalue weighted by atomic mass is 10.2. The van der Waals surface area contributed by atoms with E-state index in [4.69, 9.17) is 21.1 Å². The van der Waals surface area contributed by atoms with Crippen LogP contribution in [0.25, 0.3) is 0 Å². The standard InChI is InChI=1S/C8H7ClO2.C2H6/c1-5-2-6(9)8-7(3-5)10-4-11-8;1-2/h2-3H,4H2,1H3;1-2H3. The lowest BCUT2D eigenvalue weighted by Gasteiger charge is -1.99. The van der Waals surface area contributed by atoms with Gasteiger partial charge >= 0.3 is 0 Å². The van der Waals surface area contributed by atoms with Crippen LogP contribution in [0.15, 0.2) is 12.1 Å². The fourth-order valence-electron chi connectivity index (χ4n) is 1.10. The molecule has 0 bridgehead atoms. The molecule has 0 fully saturated rings. The Kier molecular flexibility index (Phi) is 3.43. The van der Waals surface area contributed by atoms with Crippen molar-refractivity contribution in [1.82, 2.24) is 0 Å². The molecule has 13 heavy (non-hydrogen) atoms. The van der Waals surface area contributed by atoms with Crippen LogP contribution in [-0.2, 0) is 0 Å². The van der Waals surface area contributed by atoms with Crippen LogP contribution in [0.5, 0.6) is 11.5 Å². The van der Waals surface area contributed by atoms with E-state index in [2.05, 4.69) is 0 Å². The van der Waals surface area contributed by atoms with Crippen molar-refractivity contribution in [1.29, 1.82) is 0 Å². The molecule has 1 aliphatic heterocycles. The molecule has 0 N–H and O–H groups in total. The van der Waals surface area contributed by atoms with E-state index in [0.717, 1.165) is 11.3 Å². The SMILES string of the molecule is CC.Cc1cc(Cl)c2c(c1)OCO2. The summed E-state index contributed by atoms with van der Waals surface area (Å²) in [5.41, 5.74) is 1.08. The Morgan fingerprint density at radius 2 is 1.92 bits per heavy atom. The quantitative estimate of drug-likeness (QED) is 0.639. The number of fused-ring (bicyclic) bond motifs is 1. The Labute approximate surface area is 83.4 Å². The molecule has 0 saturated heterocycles. The van der Waals surface area contributed by atoms with Gasteiger partial charge in [-0.3, -0.25) is 0 Å². The second-order valence-corrected chi connectivity index (χ2v) is 2.89. The van der Waals surface area contributed by atoms with Crippen molar-refractivity contribution in [2.24, 2.45) is 0 Å². The summed E-state index contributed by atoms with van der Waals surface area (Å²) in [6.45, 7) is 6.24. The first-order valence-electron chi connectivity index (χ1n) is 4.33. The van der Waals surface area contributed by atoms with Gasteiger partial charge in [-0.2, -0.15) is 0 Å². The summed E-state index contributed by atoms with van der Waals surface area (Å²) >= 11 is 5.87. The summed E-state index contributed by atoms with van der Waals surface area (Å²) in [5.74, 6) is 1.41. The summed E-state index contributed by atoms with van der Waals surface area (Å²) < 4.78 is 10.3. The zero-order chi connectivity index (χ0) is 9.84. The van der Waals surface area contributed by atoms with Crippen LogP contribution >= 0.6 is 11.6 Å². The molecular formula is C10H13ClO2. The first-order valence-corrected chi connectivity index (χ1v) is 4.71. The predicted octanol–water partition coefficient (Wildman–Crippen LogP) is 3.40. The van der Waals surface area contributed by atoms with Gasteiger partial charge in [0.1, 0.15) is 0 Å². The predicted molar refractivity (Wildman–Crippen MR) is 53.7 cm³/mol. The topological polar surface area (TPSA) is 18.5 Å². The molecule has 1 aromatic rings. The molecule has 0 spiro atoms. The maximum absolute atomic E-state index is 5.87. The van der Waals surface area contributed by atoms with Crippen LogP contribution in [0.2, 0.25) is 5.02 Å². The second kappa shape index (κ2) is 4.38. The number of benzene rings is 1. The van der Waals surface area contributed by atoms with Gasteiger partial charge in [-0.25, -0.2) is 0 Å². The van der Waals surface area contributed by atoms with Gasteiger partial charge in [0, 0.05) is 0 Å². The summed E-state index contributed by atoms with van der Waals surface area (Å²) in [6.07, 6.45) is 0. The van der Waals surface area contributed by atoms with Gasteiger partial charge in [-0.15, -0.1) is 0 Å². The Morgan fingerprint density at radius 1 is 1.23 bits per heavy atom. The first-order chi connectivity index (χ1) is 6.27. The summed E-state index contributed by atoms with van der Waals surface area (Å²) in [7, 11) is 0. The normalized spacial score (nSPS) is 12.0. The molecule has 0 aliphatic carbocycles. The Bertz CT molecular complexity index is 297. The van der Waals surface area contributed by atoms with Gasteiger partial charge in [0.2, 0.25) is 6.79 Å². The van der Waals surface area contributed by atoms with Crippen molar-refractivity contribution in [2.45, 2.75) is 20.8 Å². The van der Waals surface area contributed by atoms with E-state index in [1.165, 1.54) is 0 Å². The third-order valence-electron chi connectivity index (χ3n) is 1.57. The van der Waals surface area contributed by atoms with Gasteiger partial charge in [-0.1, -0.05) is 25.4 Å². The summed E-state index contributed by atoms with van der Waals surface area (Å²) in [4.78, 5) is 0. The van der Waals surface area contributed by atoms with Crippen molar-refractivity contribution in [3.05, 3.63) is 22.7 Å². The molecule has 0 radical (unpaired) electrons. The highest BCUT2D eigenvalue weighted by molar-refractivity contribution is 6.32. The highest BCUT2D eigenvalue weighted by Gasteiger charge is 2.16. The molecule has 2 rings (SSSR count). The zero-order valence-corrected chi connectivity index (χ0v) is 8.81. The minimum atomic E-state index is 0.276. The molecule has 1 aliphatic rings. The molecule has 0 atom stereocenters. The van der Waals surface area contributed by atoms with Crippen LogP contribution in [-0.4, -0.2) is 6.79 Å². The maximum Gasteiger partial charge on any atom is 0.231 e. The molecule has 0 amide bonds. The number of hydrogen-bond acceptors (Lipinski definition) is 2. The monoisotopic (exact) mass is 200 g/mol. The van der Waals surface area contributed by atoms with Gasteiger partial charge in [0.05, 0.1) is 5.02 Å². The number of rotatable bonds is 0. The molecule has 3 heteroatoms. The van der Waals surface area contributed by atoms with E-state index in [1.54, 1.807) is 0 Å². The maximum atomic E-state index is 5.87. The molecule has 72 valence electrons. The van der Waals surface area contributed by atoms with Crippen LogP contribution < -0.4 is 9.47 Å². The Balaban J connectivity index is 0.000000396. The minimum Gasteiger partial charge on any atom is -0.454 e. The minimum absolute atomic E-state index is 0.276. The van der Waals surface area contributed by atoms with E-state index < -0.39 is 0 Å². The molecule has 2 nitrogen and oxygen atoms in total. The highest BCUT2D eigenvalue weighted by Crippen LogP contribution is 2.39. The van der Waals surface area contributed by atoms with Crippen LogP contribution in [0.3, 0.4) is 0 Å². The zero-order valence-electron chi connectivity index (χ0n) is 8.06. The third-order valence-corrected chi connectivity index (χ3v) is 1.85. The fraction of sp³-hybridized carbons (Fsp3) is 0.400. The van der Waals surface area contributed by atoms with E-state index >= 15 is 0 Å². The molecule has 0 aromatic heterocycles. The van der Waals surface area contributed by atoms with Gasteiger partial charge in [-0.05, 0) is 24.6 Å². The van der Waals surface area contributed by atoms with E-state index in [1.807, 2.05) is 32.9 Å². The van der Waals surface area contributed by atoms with E-state index in [9.17, 15) is 0 Å². The van der Waals surface area contributed by atoms with Crippen LogP contribution in [0, 0.1) is 6.92 Å². The van der Waals surface area contributed by atoms with E-state index in [0.29, 0.717) is 10.8 Å². The van der Waals surface area contributed by atoms with Gasteiger partial charge in [0.15, 0.2) is 11.5 Å². The molecule has 1 heterocycles. The van der Waals surface area contributed by atoms with Crippen molar-refractivity contribution in [2.75, 3.05) is 6.79 Å². The van der Waals surface area contributed by atoms with Crippen LogP contribution in [0.4, 0.5) is 0 Å². The largest absolute Gasteiger partial charge is 0.454 e. The van der Waals surface area contributed by atoms with Crippen molar-refractivity contribution < 1.29 is 9.47 Å². The lowest BCUT2D eigenvalue weighted by molar-refractivity contribution is 0.174. The van der Waals surface area contributed by atoms with Crippen molar-refractivity contribution >= 4 is 11.6 Å². The number of hydrogen-bond donors (Lipinski definition) is 0. The first kappa shape index (κ1) is 10.2. The third kappa shape index (κ3) is 2.07. The van der Waals surface area contributed by atoms with Crippen LogP contribution in [0.1, 0.15) is 19.4 Å². The summed E-state index contributed by atoms with van der Waals surface area (Å²) in [6, 6.07) is 3.77. The summed E-state index contributed by atoms with van der Waals surface area (Å²) in [5, 5.41) is 0.623. The molecule has 0 unspecified atom stereocenters. The second-order valence-electron chi connectivity index (χ2n) is 2.48. The fourth-order valence-corrected chi connectivity index (χ4v) is 1.42. The lowest BCUT2D eigenvalue weighted by Crippen LogP contribution is -1.93. The molecule has 1 aromatic carbocycles. The van der Waals surface area contributed by atoms with Gasteiger partial charge < -0.3 is 9.47 Å². The smallest absolute Gasteiger partial charge is 0.231 e. The number of ether oxygens (including phenoxy) is 2. The molecular weight excluding hydrogens is 188 g/mol. The number of halogens is 1. The average molecular weight is 201 g/mol. The number of aryl methyl sites for hydroxylation is 1. The Hall–Kier alpha value is -0.890.